The highest BCUT2D eigenvalue weighted by atomic mass is 16.3. The number of rotatable bonds is 4. The molecule has 2 nitrogen and oxygen atoms in total. The van der Waals surface area contributed by atoms with Crippen molar-refractivity contribution in [3.8, 4) is 0 Å². The van der Waals surface area contributed by atoms with Gasteiger partial charge in [0.05, 0.1) is 0 Å². The molecular weight excluding hydrogens is 260 g/mol. The summed E-state index contributed by atoms with van der Waals surface area (Å²) in [6.07, 6.45) is 0.870. The van der Waals surface area contributed by atoms with Crippen molar-refractivity contribution in [1.29, 1.82) is 0 Å². The topological polar surface area (TPSA) is 30.2 Å². The molecule has 2 aromatic carbocycles. The molecule has 3 aromatic rings. The highest BCUT2D eigenvalue weighted by Crippen LogP contribution is 2.15. The van der Waals surface area contributed by atoms with Crippen molar-refractivity contribution in [3.05, 3.63) is 94.9 Å². The van der Waals surface area contributed by atoms with E-state index in [1.165, 1.54) is 11.1 Å². The van der Waals surface area contributed by atoms with E-state index in [0.717, 1.165) is 12.2 Å². The van der Waals surface area contributed by atoms with Crippen molar-refractivity contribution >= 4 is 5.78 Å². The monoisotopic (exact) mass is 276 g/mol. The lowest BCUT2D eigenvalue weighted by atomic mass is 10.0. The van der Waals surface area contributed by atoms with Gasteiger partial charge >= 0.3 is 0 Å². The molecule has 0 aliphatic rings. The molecule has 1 aromatic heterocycles. The zero-order chi connectivity index (χ0) is 14.7. The molecule has 0 aliphatic carbocycles. The van der Waals surface area contributed by atoms with E-state index >= 15 is 0 Å². The van der Waals surface area contributed by atoms with Gasteiger partial charge < -0.3 is 4.42 Å². The maximum absolute atomic E-state index is 12.2. The van der Waals surface area contributed by atoms with Crippen molar-refractivity contribution in [2.45, 2.75) is 13.3 Å². The SMILES string of the molecule is Cc1ccc(C(=O)c2ccc(Cc3ccccc3)cc2)o1. The van der Waals surface area contributed by atoms with E-state index in [1.54, 1.807) is 12.1 Å². The van der Waals surface area contributed by atoms with Gasteiger partial charge in [-0.1, -0.05) is 54.6 Å². The van der Waals surface area contributed by atoms with Crippen molar-refractivity contribution in [1.82, 2.24) is 0 Å². The molecule has 0 unspecified atom stereocenters. The number of hydrogen-bond acceptors (Lipinski definition) is 2. The number of aryl methyl sites for hydroxylation is 1. The lowest BCUT2D eigenvalue weighted by Crippen LogP contribution is -1.99. The third-order valence-electron chi connectivity index (χ3n) is 3.43. The van der Waals surface area contributed by atoms with Gasteiger partial charge in [0.25, 0.3) is 0 Å². The summed E-state index contributed by atoms with van der Waals surface area (Å²) in [5.74, 6) is 1.07. The minimum absolute atomic E-state index is 0.0747. The van der Waals surface area contributed by atoms with Gasteiger partial charge in [-0.05, 0) is 36.6 Å². The first-order chi connectivity index (χ1) is 10.2. The number of benzene rings is 2. The summed E-state index contributed by atoms with van der Waals surface area (Å²) in [7, 11) is 0. The second kappa shape index (κ2) is 5.80. The first-order valence-electron chi connectivity index (χ1n) is 6.96. The van der Waals surface area contributed by atoms with Crippen LogP contribution in [0.2, 0.25) is 0 Å². The molecule has 0 radical (unpaired) electrons. The molecule has 0 amide bonds. The molecular formula is C19H16O2. The van der Waals surface area contributed by atoms with Gasteiger partial charge in [-0.25, -0.2) is 0 Å². The minimum atomic E-state index is -0.0747. The Morgan fingerprint density at radius 2 is 1.52 bits per heavy atom. The molecule has 0 saturated heterocycles. The van der Waals surface area contributed by atoms with Gasteiger partial charge in [-0.15, -0.1) is 0 Å². The lowest BCUT2D eigenvalue weighted by molar-refractivity contribution is 0.101. The van der Waals surface area contributed by atoms with Gasteiger partial charge in [0.1, 0.15) is 5.76 Å². The molecule has 0 N–H and O–H groups in total. The molecule has 3 rings (SSSR count). The van der Waals surface area contributed by atoms with Crippen molar-refractivity contribution in [2.24, 2.45) is 0 Å². The summed E-state index contributed by atoms with van der Waals surface area (Å²) in [6.45, 7) is 1.83. The first-order valence-corrected chi connectivity index (χ1v) is 6.96. The van der Waals surface area contributed by atoms with E-state index in [9.17, 15) is 4.79 Å². The molecule has 104 valence electrons. The smallest absolute Gasteiger partial charge is 0.228 e. The van der Waals surface area contributed by atoms with Crippen LogP contribution in [0.5, 0.6) is 0 Å². The Bertz CT molecular complexity index is 737. The summed E-state index contributed by atoms with van der Waals surface area (Å²) in [5, 5.41) is 0. The average molecular weight is 276 g/mol. The molecule has 0 bridgehead atoms. The highest BCUT2D eigenvalue weighted by molar-refractivity contribution is 6.07. The molecule has 0 aliphatic heterocycles. The van der Waals surface area contributed by atoms with Crippen molar-refractivity contribution in [2.75, 3.05) is 0 Å². The fourth-order valence-electron chi connectivity index (χ4n) is 2.30. The Kier molecular flexibility index (Phi) is 3.69. The summed E-state index contributed by atoms with van der Waals surface area (Å²) in [4.78, 5) is 12.2. The minimum Gasteiger partial charge on any atom is -0.458 e. The van der Waals surface area contributed by atoms with Crippen LogP contribution < -0.4 is 0 Å². The van der Waals surface area contributed by atoms with E-state index in [-0.39, 0.29) is 5.78 Å². The fraction of sp³-hybridized carbons (Fsp3) is 0.105. The van der Waals surface area contributed by atoms with Crippen molar-refractivity contribution < 1.29 is 9.21 Å². The zero-order valence-electron chi connectivity index (χ0n) is 11.9. The Morgan fingerprint density at radius 1 is 0.857 bits per heavy atom. The summed E-state index contributed by atoms with van der Waals surface area (Å²) < 4.78 is 5.38. The molecule has 0 saturated carbocycles. The maximum Gasteiger partial charge on any atom is 0.228 e. The Morgan fingerprint density at radius 3 is 2.14 bits per heavy atom. The van der Waals surface area contributed by atoms with Gasteiger partial charge in [0, 0.05) is 5.56 Å². The molecule has 0 fully saturated rings. The fourth-order valence-corrected chi connectivity index (χ4v) is 2.30. The molecule has 0 atom stereocenters. The van der Waals surface area contributed by atoms with Gasteiger partial charge in [-0.2, -0.15) is 0 Å². The van der Waals surface area contributed by atoms with Gasteiger partial charge in [0.15, 0.2) is 5.76 Å². The molecule has 21 heavy (non-hydrogen) atoms. The number of ketones is 1. The summed E-state index contributed by atoms with van der Waals surface area (Å²) in [5.41, 5.74) is 3.10. The first kappa shape index (κ1) is 13.4. The van der Waals surface area contributed by atoms with Crippen LogP contribution in [0.1, 0.15) is 33.0 Å². The largest absolute Gasteiger partial charge is 0.458 e. The number of furan rings is 1. The van der Waals surface area contributed by atoms with Crippen LogP contribution in [0.3, 0.4) is 0 Å². The van der Waals surface area contributed by atoms with Crippen LogP contribution in [0.25, 0.3) is 0 Å². The normalized spacial score (nSPS) is 10.5. The molecule has 2 heteroatoms. The number of carbonyl (C=O) groups excluding carboxylic acids is 1. The van der Waals surface area contributed by atoms with Crippen LogP contribution in [0.4, 0.5) is 0 Å². The van der Waals surface area contributed by atoms with E-state index in [4.69, 9.17) is 4.42 Å². The third-order valence-corrected chi connectivity index (χ3v) is 3.43. The summed E-state index contributed by atoms with van der Waals surface area (Å²) in [6, 6.07) is 21.5. The Hall–Kier alpha value is -2.61. The number of carbonyl (C=O) groups is 1. The lowest BCUT2D eigenvalue weighted by Gasteiger charge is -2.03. The number of hydrogen-bond donors (Lipinski definition) is 0. The van der Waals surface area contributed by atoms with Crippen LogP contribution in [0, 0.1) is 6.92 Å². The van der Waals surface area contributed by atoms with Crippen LogP contribution in [-0.2, 0) is 6.42 Å². The van der Waals surface area contributed by atoms with Crippen molar-refractivity contribution in [3.63, 3.8) is 0 Å². The van der Waals surface area contributed by atoms with Crippen LogP contribution >= 0.6 is 0 Å². The standard InChI is InChI=1S/C19H16O2/c1-14-7-12-18(21-14)19(20)17-10-8-16(9-11-17)13-15-5-3-2-4-6-15/h2-12H,13H2,1H3. The second-order valence-corrected chi connectivity index (χ2v) is 5.10. The van der Waals surface area contributed by atoms with Gasteiger partial charge in [-0.3, -0.25) is 4.79 Å². The maximum atomic E-state index is 12.2. The van der Waals surface area contributed by atoms with E-state index in [1.807, 2.05) is 49.4 Å². The van der Waals surface area contributed by atoms with Crippen LogP contribution in [0.15, 0.2) is 71.1 Å². The van der Waals surface area contributed by atoms with E-state index in [2.05, 4.69) is 12.1 Å². The third kappa shape index (κ3) is 3.11. The van der Waals surface area contributed by atoms with Crippen LogP contribution in [-0.4, -0.2) is 5.78 Å². The predicted octanol–water partition coefficient (Wildman–Crippen LogP) is 4.41. The Labute approximate surface area is 124 Å². The molecule has 1 heterocycles. The second-order valence-electron chi connectivity index (χ2n) is 5.10. The Balaban J connectivity index is 1.76. The highest BCUT2D eigenvalue weighted by Gasteiger charge is 2.12. The quantitative estimate of drug-likeness (QED) is 0.661. The van der Waals surface area contributed by atoms with Gasteiger partial charge in [0.2, 0.25) is 5.78 Å². The predicted molar refractivity (Wildman–Crippen MR) is 82.6 cm³/mol. The van der Waals surface area contributed by atoms with E-state index in [0.29, 0.717) is 11.3 Å². The zero-order valence-corrected chi connectivity index (χ0v) is 11.9. The van der Waals surface area contributed by atoms with E-state index < -0.39 is 0 Å². The average Bonchev–Trinajstić information content (AvgIpc) is 2.95. The summed E-state index contributed by atoms with van der Waals surface area (Å²) >= 11 is 0. The molecule has 0 spiro atoms.